The number of amides is 1. The summed E-state index contributed by atoms with van der Waals surface area (Å²) in [6.07, 6.45) is 2.54. The van der Waals surface area contributed by atoms with E-state index in [2.05, 4.69) is 10.3 Å². The van der Waals surface area contributed by atoms with Crippen molar-refractivity contribution in [2.24, 2.45) is 5.92 Å². The van der Waals surface area contributed by atoms with E-state index < -0.39 is 0 Å². The van der Waals surface area contributed by atoms with Crippen LogP contribution in [0.1, 0.15) is 23.3 Å². The molecule has 1 saturated carbocycles. The Morgan fingerprint density at radius 1 is 1.55 bits per heavy atom. The zero-order valence-electron chi connectivity index (χ0n) is 11.9. The third kappa shape index (κ3) is 4.08. The van der Waals surface area contributed by atoms with Gasteiger partial charge in [0.05, 0.1) is 11.6 Å². The molecule has 1 fully saturated rings. The molecule has 0 bridgehead atoms. The van der Waals surface area contributed by atoms with Crippen molar-refractivity contribution in [3.05, 3.63) is 22.8 Å². The third-order valence-electron chi connectivity index (χ3n) is 3.27. The maximum atomic E-state index is 12.3. The van der Waals surface area contributed by atoms with Crippen LogP contribution in [0.4, 0.5) is 5.82 Å². The summed E-state index contributed by atoms with van der Waals surface area (Å²) < 4.78 is 5.53. The Bertz CT molecular complexity index is 477. The Morgan fingerprint density at radius 3 is 2.95 bits per heavy atom. The number of hydrogen-bond donors (Lipinski definition) is 1. The molecule has 1 N–H and O–H groups in total. The second-order valence-corrected chi connectivity index (χ2v) is 5.43. The minimum absolute atomic E-state index is 0.192. The lowest BCUT2D eigenvalue weighted by atomic mass is 10.3. The van der Waals surface area contributed by atoms with Crippen molar-refractivity contribution in [2.45, 2.75) is 12.8 Å². The highest BCUT2D eigenvalue weighted by Crippen LogP contribution is 2.28. The molecule has 1 aliphatic carbocycles. The highest BCUT2D eigenvalue weighted by molar-refractivity contribution is 6.33. The van der Waals surface area contributed by atoms with Gasteiger partial charge in [0.25, 0.3) is 5.91 Å². The van der Waals surface area contributed by atoms with Crippen LogP contribution in [0, 0.1) is 5.92 Å². The van der Waals surface area contributed by atoms with Gasteiger partial charge >= 0.3 is 0 Å². The number of halogens is 1. The Labute approximate surface area is 124 Å². The van der Waals surface area contributed by atoms with Crippen LogP contribution in [0.2, 0.25) is 5.02 Å². The van der Waals surface area contributed by atoms with Gasteiger partial charge in [-0.3, -0.25) is 4.79 Å². The molecule has 2 rings (SSSR count). The predicted octanol–water partition coefficient (Wildman–Crippen LogP) is 2.28. The number of carbonyl (C=O) groups is 1. The van der Waals surface area contributed by atoms with Crippen molar-refractivity contribution in [1.29, 1.82) is 0 Å². The van der Waals surface area contributed by atoms with Crippen molar-refractivity contribution in [2.75, 3.05) is 39.2 Å². The molecule has 6 heteroatoms. The molecule has 0 unspecified atom stereocenters. The lowest BCUT2D eigenvalue weighted by molar-refractivity contribution is 0.0676. The van der Waals surface area contributed by atoms with Gasteiger partial charge in [-0.25, -0.2) is 4.98 Å². The summed E-state index contributed by atoms with van der Waals surface area (Å²) in [7, 11) is 3.48. The van der Waals surface area contributed by atoms with E-state index in [9.17, 15) is 4.79 Å². The second-order valence-electron chi connectivity index (χ2n) is 5.02. The fourth-order valence-corrected chi connectivity index (χ4v) is 1.94. The number of rotatable bonds is 7. The summed E-state index contributed by atoms with van der Waals surface area (Å²) in [4.78, 5) is 18.1. The van der Waals surface area contributed by atoms with Crippen molar-refractivity contribution >= 4 is 23.3 Å². The zero-order valence-corrected chi connectivity index (χ0v) is 12.6. The Kier molecular flexibility index (Phi) is 5.20. The van der Waals surface area contributed by atoms with Crippen LogP contribution in [0.25, 0.3) is 0 Å². The maximum absolute atomic E-state index is 12.3. The molecule has 0 saturated heterocycles. The van der Waals surface area contributed by atoms with Gasteiger partial charge in [0, 0.05) is 27.2 Å². The molecule has 0 aromatic carbocycles. The number of aromatic nitrogens is 1. The monoisotopic (exact) mass is 297 g/mol. The maximum Gasteiger partial charge on any atom is 0.273 e. The number of ether oxygens (including phenoxy) is 1. The molecular weight excluding hydrogens is 278 g/mol. The molecule has 0 radical (unpaired) electrons. The first kappa shape index (κ1) is 15.1. The number of hydrogen-bond acceptors (Lipinski definition) is 4. The first-order chi connectivity index (χ1) is 9.61. The smallest absolute Gasteiger partial charge is 0.273 e. The third-order valence-corrected chi connectivity index (χ3v) is 3.58. The van der Waals surface area contributed by atoms with Crippen molar-refractivity contribution in [3.8, 4) is 0 Å². The molecule has 0 aliphatic heterocycles. The van der Waals surface area contributed by atoms with Crippen molar-refractivity contribution in [1.82, 2.24) is 9.88 Å². The highest BCUT2D eigenvalue weighted by atomic mass is 35.5. The van der Waals surface area contributed by atoms with Gasteiger partial charge in [0.2, 0.25) is 0 Å². The lowest BCUT2D eigenvalue weighted by Crippen LogP contribution is -2.31. The number of anilines is 1. The Balaban J connectivity index is 1.87. The largest absolute Gasteiger partial charge is 0.379 e. The van der Waals surface area contributed by atoms with Crippen LogP contribution < -0.4 is 5.32 Å². The summed E-state index contributed by atoms with van der Waals surface area (Å²) in [5.41, 5.74) is 0.267. The molecule has 1 aliphatic rings. The predicted molar refractivity (Wildman–Crippen MR) is 79.3 cm³/mol. The summed E-state index contributed by atoms with van der Waals surface area (Å²) in [5.74, 6) is 1.16. The molecule has 0 spiro atoms. The van der Waals surface area contributed by atoms with E-state index >= 15 is 0 Å². The van der Waals surface area contributed by atoms with Crippen LogP contribution in [0.15, 0.2) is 12.1 Å². The van der Waals surface area contributed by atoms with Crippen LogP contribution >= 0.6 is 11.6 Å². The van der Waals surface area contributed by atoms with E-state index in [1.807, 2.05) is 0 Å². The number of pyridine rings is 1. The van der Waals surface area contributed by atoms with Gasteiger partial charge in [-0.2, -0.15) is 0 Å². The number of nitrogens with one attached hydrogen (secondary N) is 1. The zero-order chi connectivity index (χ0) is 14.5. The van der Waals surface area contributed by atoms with Crippen LogP contribution in [0.3, 0.4) is 0 Å². The lowest BCUT2D eigenvalue weighted by Gasteiger charge is -2.17. The molecule has 1 aromatic heterocycles. The van der Waals surface area contributed by atoms with Gasteiger partial charge in [-0.1, -0.05) is 11.6 Å². The fourth-order valence-electron chi connectivity index (χ4n) is 1.75. The van der Waals surface area contributed by atoms with Crippen molar-refractivity contribution < 1.29 is 9.53 Å². The highest BCUT2D eigenvalue weighted by Gasteiger charge is 2.21. The Hall–Kier alpha value is -1.33. The molecule has 1 heterocycles. The van der Waals surface area contributed by atoms with E-state index in [1.165, 1.54) is 12.8 Å². The normalized spacial score (nSPS) is 14.2. The van der Waals surface area contributed by atoms with Crippen LogP contribution in [-0.4, -0.2) is 49.6 Å². The van der Waals surface area contributed by atoms with Gasteiger partial charge in [-0.05, 0) is 30.9 Å². The van der Waals surface area contributed by atoms with E-state index in [0.717, 1.165) is 12.5 Å². The molecule has 1 aromatic rings. The molecule has 110 valence electrons. The van der Waals surface area contributed by atoms with E-state index in [0.29, 0.717) is 24.0 Å². The summed E-state index contributed by atoms with van der Waals surface area (Å²) in [5, 5.41) is 3.26. The van der Waals surface area contributed by atoms with Gasteiger partial charge in [0.1, 0.15) is 11.5 Å². The summed E-state index contributed by atoms with van der Waals surface area (Å²) >= 11 is 6.03. The van der Waals surface area contributed by atoms with Crippen molar-refractivity contribution in [3.63, 3.8) is 0 Å². The van der Waals surface area contributed by atoms with Crippen LogP contribution in [-0.2, 0) is 4.74 Å². The first-order valence-corrected chi connectivity index (χ1v) is 7.17. The average Bonchev–Trinajstić information content (AvgIpc) is 3.27. The fraction of sp³-hybridized carbons (Fsp3) is 0.571. The Morgan fingerprint density at radius 2 is 2.30 bits per heavy atom. The van der Waals surface area contributed by atoms with Gasteiger partial charge in [0.15, 0.2) is 0 Å². The average molecular weight is 298 g/mol. The number of likely N-dealkylation sites (N-methyl/N-ethyl adjacent to an activating group) is 1. The first-order valence-electron chi connectivity index (χ1n) is 6.79. The van der Waals surface area contributed by atoms with E-state index in [4.69, 9.17) is 16.3 Å². The molecule has 1 amide bonds. The standard InChI is InChI=1S/C14H20ClN3O2/c1-16-12-6-5-11(15)13(17-12)14(19)18(2)7-8-20-9-10-3-4-10/h5-6,10H,3-4,7-9H2,1-2H3,(H,16,17). The van der Waals surface area contributed by atoms with Gasteiger partial charge < -0.3 is 15.0 Å². The summed E-state index contributed by atoms with van der Waals surface area (Å²) in [6.45, 7) is 1.88. The quantitative estimate of drug-likeness (QED) is 0.785. The molecule has 5 nitrogen and oxygen atoms in total. The molecule has 20 heavy (non-hydrogen) atoms. The topological polar surface area (TPSA) is 54.5 Å². The second kappa shape index (κ2) is 6.90. The van der Waals surface area contributed by atoms with E-state index in [1.54, 1.807) is 31.1 Å². The van der Waals surface area contributed by atoms with E-state index in [-0.39, 0.29) is 11.6 Å². The molecular formula is C14H20ClN3O2. The van der Waals surface area contributed by atoms with Gasteiger partial charge in [-0.15, -0.1) is 0 Å². The minimum Gasteiger partial charge on any atom is -0.379 e. The minimum atomic E-state index is -0.192. The number of nitrogens with zero attached hydrogens (tertiary/aromatic N) is 2. The summed E-state index contributed by atoms with van der Waals surface area (Å²) in [6, 6.07) is 3.41. The molecule has 0 atom stereocenters. The number of carbonyl (C=O) groups excluding carboxylic acids is 1. The van der Waals surface area contributed by atoms with Crippen LogP contribution in [0.5, 0.6) is 0 Å². The SMILES string of the molecule is CNc1ccc(Cl)c(C(=O)N(C)CCOCC2CC2)n1.